The predicted molar refractivity (Wildman–Crippen MR) is 60.1 cm³/mol. The molecule has 0 aliphatic heterocycles. The van der Waals surface area contributed by atoms with Gasteiger partial charge in [-0.3, -0.25) is 0 Å². The molecular weight excluding hydrogens is 300 g/mol. The van der Waals surface area contributed by atoms with Crippen molar-refractivity contribution >= 4 is 39.8 Å². The van der Waals surface area contributed by atoms with Gasteiger partial charge in [0.25, 0.3) is 0 Å². The first-order valence-electron chi connectivity index (χ1n) is 3.92. The van der Waals surface area contributed by atoms with Crippen molar-refractivity contribution in [1.29, 1.82) is 0 Å². The summed E-state index contributed by atoms with van der Waals surface area (Å²) in [6.45, 7) is 2.06. The van der Waals surface area contributed by atoms with Crippen LogP contribution in [0.5, 0.6) is 0 Å². The Morgan fingerprint density at radius 1 is 1.54 bits per heavy atom. The Bertz CT molecular complexity index is 452. The Balaban J connectivity index is 2.78. The lowest BCUT2D eigenvalue weighted by molar-refractivity contribution is 0.923. The van der Waals surface area contributed by atoms with E-state index in [-0.39, 0.29) is 0 Å². The second-order valence-electron chi connectivity index (χ2n) is 2.65. The average Bonchev–Trinajstić information content (AvgIpc) is 2.47. The summed E-state index contributed by atoms with van der Waals surface area (Å²) in [5, 5.41) is 4.84. The van der Waals surface area contributed by atoms with E-state index >= 15 is 0 Å². The van der Waals surface area contributed by atoms with Crippen molar-refractivity contribution in [3.8, 4) is 0 Å². The van der Waals surface area contributed by atoms with Crippen molar-refractivity contribution < 1.29 is 0 Å². The molecule has 2 aromatic heterocycles. The van der Waals surface area contributed by atoms with E-state index < -0.39 is 0 Å². The lowest BCUT2D eigenvalue weighted by Gasteiger charge is -2.00. The summed E-state index contributed by atoms with van der Waals surface area (Å²) < 4.78 is 2.38. The summed E-state index contributed by atoms with van der Waals surface area (Å²) in [6.07, 6.45) is 0.908. The number of halogens is 2. The highest BCUT2D eigenvalue weighted by Gasteiger charge is 2.06. The highest BCUT2D eigenvalue weighted by molar-refractivity contribution is 14.1. The second-order valence-corrected chi connectivity index (χ2v) is 3.98. The zero-order chi connectivity index (χ0) is 9.42. The molecule has 0 N–H and O–H groups in total. The van der Waals surface area contributed by atoms with Crippen molar-refractivity contribution in [2.45, 2.75) is 13.3 Å². The number of pyridine rings is 1. The normalized spacial score (nSPS) is 11.0. The fraction of sp³-hybridized carbons (Fsp3) is 0.250. The van der Waals surface area contributed by atoms with Crippen molar-refractivity contribution in [2.75, 3.05) is 0 Å². The molecule has 0 bridgehead atoms. The van der Waals surface area contributed by atoms with Crippen molar-refractivity contribution in [3.05, 3.63) is 26.7 Å². The van der Waals surface area contributed by atoms with E-state index in [2.05, 4.69) is 39.6 Å². The zero-order valence-electron chi connectivity index (χ0n) is 6.96. The van der Waals surface area contributed by atoms with Crippen LogP contribution in [0.1, 0.15) is 12.5 Å². The standard InChI is InChI=1S/C8H7ClIN3/c1-2-5-3-4-6-11-8(10)12-13(6)7(5)9/h3-4H,2H2,1H3. The van der Waals surface area contributed by atoms with Gasteiger partial charge >= 0.3 is 0 Å². The third-order valence-corrected chi connectivity index (χ3v) is 2.73. The SMILES string of the molecule is CCc1ccc2nc(I)nn2c1Cl. The topological polar surface area (TPSA) is 30.2 Å². The first kappa shape index (κ1) is 9.21. The molecule has 0 unspecified atom stereocenters. The van der Waals surface area contributed by atoms with Crippen LogP contribution in [0.15, 0.2) is 12.1 Å². The Hall–Kier alpha value is -0.360. The lowest BCUT2D eigenvalue weighted by Crippen LogP contribution is -1.94. The fourth-order valence-corrected chi connectivity index (χ4v) is 1.98. The van der Waals surface area contributed by atoms with E-state index in [0.717, 1.165) is 17.6 Å². The van der Waals surface area contributed by atoms with Crippen LogP contribution in [0.4, 0.5) is 0 Å². The maximum absolute atomic E-state index is 6.11. The molecule has 0 aromatic carbocycles. The van der Waals surface area contributed by atoms with Gasteiger partial charge in [0.15, 0.2) is 5.65 Å². The summed E-state index contributed by atoms with van der Waals surface area (Å²) in [5.74, 6) is 0. The number of fused-ring (bicyclic) bond motifs is 1. The van der Waals surface area contributed by atoms with Crippen molar-refractivity contribution in [2.24, 2.45) is 0 Å². The van der Waals surface area contributed by atoms with Crippen LogP contribution < -0.4 is 0 Å². The summed E-state index contributed by atoms with van der Waals surface area (Å²) in [4.78, 5) is 4.20. The number of rotatable bonds is 1. The second kappa shape index (κ2) is 3.42. The van der Waals surface area contributed by atoms with E-state index in [9.17, 15) is 0 Å². The molecule has 0 aliphatic rings. The van der Waals surface area contributed by atoms with Gasteiger partial charge in [-0.15, -0.1) is 5.10 Å². The zero-order valence-corrected chi connectivity index (χ0v) is 9.87. The molecule has 3 nitrogen and oxygen atoms in total. The number of hydrogen-bond acceptors (Lipinski definition) is 2. The van der Waals surface area contributed by atoms with Gasteiger partial charge in [-0.25, -0.2) is 9.50 Å². The van der Waals surface area contributed by atoms with Gasteiger partial charge in [-0.1, -0.05) is 24.6 Å². The van der Waals surface area contributed by atoms with Crippen molar-refractivity contribution in [1.82, 2.24) is 14.6 Å². The van der Waals surface area contributed by atoms with E-state index in [1.54, 1.807) is 4.52 Å². The van der Waals surface area contributed by atoms with Crippen molar-refractivity contribution in [3.63, 3.8) is 0 Å². The van der Waals surface area contributed by atoms with Gasteiger partial charge in [0, 0.05) is 22.6 Å². The Kier molecular flexibility index (Phi) is 2.42. The van der Waals surface area contributed by atoms with Crippen LogP contribution in [-0.2, 0) is 6.42 Å². The molecule has 0 saturated carbocycles. The molecule has 0 aliphatic carbocycles. The molecule has 0 radical (unpaired) electrons. The number of aromatic nitrogens is 3. The highest BCUT2D eigenvalue weighted by atomic mass is 127. The minimum atomic E-state index is 0.662. The molecular formula is C8H7ClIN3. The van der Waals surface area contributed by atoms with Gasteiger partial charge in [0.1, 0.15) is 5.15 Å². The Morgan fingerprint density at radius 3 is 3.00 bits per heavy atom. The Labute approximate surface area is 94.3 Å². The number of aryl methyl sites for hydroxylation is 1. The third kappa shape index (κ3) is 1.52. The van der Waals surface area contributed by atoms with Gasteiger partial charge in [0.05, 0.1) is 0 Å². The van der Waals surface area contributed by atoms with Crippen LogP contribution in [-0.4, -0.2) is 14.6 Å². The van der Waals surface area contributed by atoms with Crippen LogP contribution in [0.2, 0.25) is 5.15 Å². The summed E-state index contributed by atoms with van der Waals surface area (Å²) in [5.41, 5.74) is 1.89. The lowest BCUT2D eigenvalue weighted by atomic mass is 10.2. The maximum atomic E-state index is 6.11. The Morgan fingerprint density at radius 2 is 2.31 bits per heavy atom. The van der Waals surface area contributed by atoms with E-state index in [1.165, 1.54) is 0 Å². The predicted octanol–water partition coefficient (Wildman–Crippen LogP) is 2.55. The molecule has 5 heteroatoms. The van der Waals surface area contributed by atoms with Crippen LogP contribution in [0.25, 0.3) is 5.65 Å². The monoisotopic (exact) mass is 307 g/mol. The maximum Gasteiger partial charge on any atom is 0.212 e. The third-order valence-electron chi connectivity index (χ3n) is 1.87. The molecule has 0 saturated heterocycles. The average molecular weight is 308 g/mol. The van der Waals surface area contributed by atoms with Crippen LogP contribution >= 0.6 is 34.2 Å². The van der Waals surface area contributed by atoms with E-state index in [0.29, 0.717) is 8.98 Å². The minimum absolute atomic E-state index is 0.662. The molecule has 2 aromatic rings. The molecule has 68 valence electrons. The van der Waals surface area contributed by atoms with Gasteiger partial charge in [0.2, 0.25) is 3.83 Å². The molecule has 13 heavy (non-hydrogen) atoms. The molecule has 2 rings (SSSR count). The molecule has 0 spiro atoms. The van der Waals surface area contributed by atoms with Gasteiger partial charge in [-0.2, -0.15) is 0 Å². The number of nitrogens with zero attached hydrogens (tertiary/aromatic N) is 3. The number of hydrogen-bond donors (Lipinski definition) is 0. The summed E-state index contributed by atoms with van der Waals surface area (Å²) in [7, 11) is 0. The molecule has 0 atom stereocenters. The first-order valence-corrected chi connectivity index (χ1v) is 5.37. The quantitative estimate of drug-likeness (QED) is 0.599. The van der Waals surface area contributed by atoms with Gasteiger partial charge < -0.3 is 0 Å². The molecule has 2 heterocycles. The van der Waals surface area contributed by atoms with E-state index in [4.69, 9.17) is 11.6 Å². The minimum Gasteiger partial charge on any atom is -0.202 e. The van der Waals surface area contributed by atoms with Crippen LogP contribution in [0, 0.1) is 3.83 Å². The molecule has 0 fully saturated rings. The molecule has 0 amide bonds. The van der Waals surface area contributed by atoms with Crippen LogP contribution in [0.3, 0.4) is 0 Å². The fourth-order valence-electron chi connectivity index (χ4n) is 1.19. The van der Waals surface area contributed by atoms with E-state index in [1.807, 2.05) is 12.1 Å². The summed E-state index contributed by atoms with van der Waals surface area (Å²) in [6, 6.07) is 3.92. The van der Waals surface area contributed by atoms with Gasteiger partial charge in [-0.05, 0) is 18.1 Å². The summed E-state index contributed by atoms with van der Waals surface area (Å²) >= 11 is 8.18. The first-order chi connectivity index (χ1) is 6.22. The smallest absolute Gasteiger partial charge is 0.202 e. The largest absolute Gasteiger partial charge is 0.212 e. The highest BCUT2D eigenvalue weighted by Crippen LogP contribution is 2.18.